The summed E-state index contributed by atoms with van der Waals surface area (Å²) < 4.78 is 10.4. The van der Waals surface area contributed by atoms with Gasteiger partial charge in [-0.3, -0.25) is 4.79 Å². The molecular formula is C17H24N2O5. The van der Waals surface area contributed by atoms with E-state index in [1.165, 1.54) is 0 Å². The van der Waals surface area contributed by atoms with Crippen molar-refractivity contribution in [1.82, 2.24) is 4.90 Å². The number of benzene rings is 1. The van der Waals surface area contributed by atoms with Crippen molar-refractivity contribution in [3.8, 4) is 5.75 Å². The Morgan fingerprint density at radius 2 is 1.96 bits per heavy atom. The van der Waals surface area contributed by atoms with Crippen LogP contribution in [0.5, 0.6) is 5.75 Å². The summed E-state index contributed by atoms with van der Waals surface area (Å²) in [5.74, 6) is -0.488. The Kier molecular flexibility index (Phi) is 6.43. The summed E-state index contributed by atoms with van der Waals surface area (Å²) in [6, 6.07) is 6.76. The number of amides is 2. The third-order valence-corrected chi connectivity index (χ3v) is 3.96. The molecule has 0 saturated carbocycles. The Labute approximate surface area is 141 Å². The van der Waals surface area contributed by atoms with Crippen molar-refractivity contribution in [2.75, 3.05) is 38.7 Å². The van der Waals surface area contributed by atoms with E-state index in [0.717, 1.165) is 0 Å². The van der Waals surface area contributed by atoms with Crippen molar-refractivity contribution in [2.45, 2.75) is 13.3 Å². The highest BCUT2D eigenvalue weighted by atomic mass is 16.5. The number of nitrogens with one attached hydrogen (secondary N) is 1. The molecule has 1 aliphatic heterocycles. The van der Waals surface area contributed by atoms with Gasteiger partial charge in [0, 0.05) is 25.9 Å². The first-order valence-corrected chi connectivity index (χ1v) is 8.00. The van der Waals surface area contributed by atoms with Gasteiger partial charge in [-0.1, -0.05) is 6.92 Å². The zero-order chi connectivity index (χ0) is 17.5. The molecule has 0 bridgehead atoms. The van der Waals surface area contributed by atoms with Crippen LogP contribution in [0.15, 0.2) is 24.3 Å². The van der Waals surface area contributed by atoms with E-state index >= 15 is 0 Å². The van der Waals surface area contributed by atoms with Gasteiger partial charge in [0.2, 0.25) is 0 Å². The fourth-order valence-electron chi connectivity index (χ4n) is 2.78. The standard InChI is InChI=1S/C17H24N2O5/c1-12-9-13(16(20)21)11-19(10-12)17(22)18-14-3-5-15(6-4-14)24-8-7-23-2/h3-6,12-13H,7-11H2,1-2H3,(H,18,22)(H,20,21). The Balaban J connectivity index is 1.90. The first-order chi connectivity index (χ1) is 11.5. The van der Waals surface area contributed by atoms with Crippen molar-refractivity contribution in [2.24, 2.45) is 11.8 Å². The van der Waals surface area contributed by atoms with Gasteiger partial charge >= 0.3 is 12.0 Å². The average Bonchev–Trinajstić information content (AvgIpc) is 2.56. The number of methoxy groups -OCH3 is 1. The van der Waals surface area contributed by atoms with Crippen LogP contribution in [-0.2, 0) is 9.53 Å². The Bertz CT molecular complexity index is 561. The van der Waals surface area contributed by atoms with Crippen LogP contribution in [0.1, 0.15) is 13.3 Å². The zero-order valence-corrected chi connectivity index (χ0v) is 14.0. The summed E-state index contributed by atoms with van der Waals surface area (Å²) in [6.07, 6.45) is 0.604. The van der Waals surface area contributed by atoms with E-state index in [1.54, 1.807) is 36.3 Å². The van der Waals surface area contributed by atoms with E-state index in [9.17, 15) is 14.7 Å². The fourth-order valence-corrected chi connectivity index (χ4v) is 2.78. The summed E-state index contributed by atoms with van der Waals surface area (Å²) in [5, 5.41) is 12.0. The average molecular weight is 336 g/mol. The highest BCUT2D eigenvalue weighted by molar-refractivity contribution is 5.89. The van der Waals surface area contributed by atoms with Crippen LogP contribution >= 0.6 is 0 Å². The number of rotatable bonds is 6. The lowest BCUT2D eigenvalue weighted by atomic mass is 9.91. The number of piperidine rings is 1. The number of anilines is 1. The summed E-state index contributed by atoms with van der Waals surface area (Å²) in [7, 11) is 1.61. The number of aliphatic carboxylic acids is 1. The van der Waals surface area contributed by atoms with Crippen LogP contribution in [0.2, 0.25) is 0 Å². The van der Waals surface area contributed by atoms with Crippen LogP contribution in [0.25, 0.3) is 0 Å². The van der Waals surface area contributed by atoms with Gasteiger partial charge in [0.05, 0.1) is 12.5 Å². The van der Waals surface area contributed by atoms with Crippen LogP contribution < -0.4 is 10.1 Å². The van der Waals surface area contributed by atoms with Gasteiger partial charge in [-0.05, 0) is 36.6 Å². The molecule has 1 aromatic carbocycles. The normalized spacial score (nSPS) is 20.5. The second kappa shape index (κ2) is 8.54. The highest BCUT2D eigenvalue weighted by Crippen LogP contribution is 2.23. The second-order valence-corrected chi connectivity index (χ2v) is 6.08. The molecule has 2 unspecified atom stereocenters. The van der Waals surface area contributed by atoms with Gasteiger partial charge < -0.3 is 24.8 Å². The predicted molar refractivity (Wildman–Crippen MR) is 89.3 cm³/mol. The molecule has 1 heterocycles. The molecule has 1 aliphatic rings. The minimum Gasteiger partial charge on any atom is -0.491 e. The molecule has 2 rings (SSSR count). The molecule has 0 aromatic heterocycles. The minimum absolute atomic E-state index is 0.169. The Hall–Kier alpha value is -2.28. The smallest absolute Gasteiger partial charge is 0.321 e. The number of urea groups is 1. The highest BCUT2D eigenvalue weighted by Gasteiger charge is 2.31. The van der Waals surface area contributed by atoms with Crippen molar-refractivity contribution in [3.05, 3.63) is 24.3 Å². The van der Waals surface area contributed by atoms with Gasteiger partial charge in [-0.25, -0.2) is 4.79 Å². The number of likely N-dealkylation sites (tertiary alicyclic amines) is 1. The quantitative estimate of drug-likeness (QED) is 0.778. The van der Waals surface area contributed by atoms with Crippen molar-refractivity contribution in [3.63, 3.8) is 0 Å². The van der Waals surface area contributed by atoms with E-state index in [0.29, 0.717) is 37.6 Å². The maximum atomic E-state index is 12.4. The number of carboxylic acids is 1. The maximum Gasteiger partial charge on any atom is 0.321 e. The monoisotopic (exact) mass is 336 g/mol. The second-order valence-electron chi connectivity index (χ2n) is 6.08. The fraction of sp³-hybridized carbons (Fsp3) is 0.529. The topological polar surface area (TPSA) is 88.1 Å². The third kappa shape index (κ3) is 5.13. The number of nitrogens with zero attached hydrogens (tertiary/aromatic N) is 1. The van der Waals surface area contributed by atoms with Crippen molar-refractivity contribution < 1.29 is 24.2 Å². The molecule has 7 nitrogen and oxygen atoms in total. The predicted octanol–water partition coefficient (Wildman–Crippen LogP) is 2.29. The van der Waals surface area contributed by atoms with Crippen molar-refractivity contribution >= 4 is 17.7 Å². The van der Waals surface area contributed by atoms with Gasteiger partial charge in [-0.15, -0.1) is 0 Å². The van der Waals surface area contributed by atoms with Gasteiger partial charge in [0.25, 0.3) is 0 Å². The molecule has 0 spiro atoms. The van der Waals surface area contributed by atoms with E-state index < -0.39 is 11.9 Å². The lowest BCUT2D eigenvalue weighted by molar-refractivity contribution is -0.143. The Morgan fingerprint density at radius 1 is 1.25 bits per heavy atom. The van der Waals surface area contributed by atoms with Gasteiger partial charge in [0.15, 0.2) is 0 Å². The lowest BCUT2D eigenvalue weighted by Crippen LogP contribution is -2.47. The molecule has 1 aromatic rings. The van der Waals surface area contributed by atoms with E-state index in [4.69, 9.17) is 9.47 Å². The number of hydrogen-bond donors (Lipinski definition) is 2. The number of hydrogen-bond acceptors (Lipinski definition) is 4. The molecule has 0 radical (unpaired) electrons. The van der Waals surface area contributed by atoms with Crippen LogP contribution in [0.4, 0.5) is 10.5 Å². The molecule has 2 amide bonds. The molecule has 2 atom stereocenters. The molecule has 7 heteroatoms. The number of carbonyl (C=O) groups is 2. The molecular weight excluding hydrogens is 312 g/mol. The summed E-state index contributed by atoms with van der Waals surface area (Å²) in [5.41, 5.74) is 0.643. The van der Waals surface area contributed by atoms with E-state index in [2.05, 4.69) is 5.32 Å². The molecule has 1 fully saturated rings. The number of carbonyl (C=O) groups excluding carboxylic acids is 1. The maximum absolute atomic E-state index is 12.4. The first-order valence-electron chi connectivity index (χ1n) is 8.00. The number of carboxylic acid groups (broad SMARTS) is 1. The Morgan fingerprint density at radius 3 is 2.58 bits per heavy atom. The number of ether oxygens (including phenoxy) is 2. The summed E-state index contributed by atoms with van der Waals surface area (Å²) in [6.45, 7) is 3.74. The summed E-state index contributed by atoms with van der Waals surface area (Å²) in [4.78, 5) is 25.1. The molecule has 0 aliphatic carbocycles. The van der Waals surface area contributed by atoms with Crippen molar-refractivity contribution in [1.29, 1.82) is 0 Å². The molecule has 2 N–H and O–H groups in total. The van der Waals surface area contributed by atoms with Crippen LogP contribution in [0, 0.1) is 11.8 Å². The van der Waals surface area contributed by atoms with Crippen LogP contribution in [0.3, 0.4) is 0 Å². The minimum atomic E-state index is -0.850. The van der Waals surface area contributed by atoms with Gasteiger partial charge in [0.1, 0.15) is 12.4 Å². The zero-order valence-electron chi connectivity index (χ0n) is 14.0. The molecule has 132 valence electrons. The largest absolute Gasteiger partial charge is 0.491 e. The van der Waals surface area contributed by atoms with E-state index in [1.807, 2.05) is 6.92 Å². The molecule has 1 saturated heterocycles. The SMILES string of the molecule is COCCOc1ccc(NC(=O)N2CC(C)CC(C(=O)O)C2)cc1. The summed E-state index contributed by atoms with van der Waals surface area (Å²) >= 11 is 0. The van der Waals surface area contributed by atoms with Gasteiger partial charge in [-0.2, -0.15) is 0 Å². The molecule has 24 heavy (non-hydrogen) atoms. The van der Waals surface area contributed by atoms with E-state index in [-0.39, 0.29) is 18.5 Å². The first kappa shape index (κ1) is 18.1. The lowest BCUT2D eigenvalue weighted by Gasteiger charge is -2.34. The van der Waals surface area contributed by atoms with Crippen LogP contribution in [-0.4, -0.2) is 55.4 Å². The third-order valence-electron chi connectivity index (χ3n) is 3.96.